The van der Waals surface area contributed by atoms with Gasteiger partial charge in [-0.3, -0.25) is 4.79 Å². The molecule has 0 saturated carbocycles. The minimum Gasteiger partial charge on any atom is -0.264 e. The fourth-order valence-corrected chi connectivity index (χ4v) is 5.16. The molecule has 0 fully saturated rings. The molecule has 0 radical (unpaired) electrons. The van der Waals surface area contributed by atoms with Crippen LogP contribution in [0.15, 0.2) is 88.9 Å². The first kappa shape index (κ1) is 21.7. The van der Waals surface area contributed by atoms with Gasteiger partial charge in [0.05, 0.1) is 22.0 Å². The summed E-state index contributed by atoms with van der Waals surface area (Å²) in [6, 6.07) is 22.0. The van der Waals surface area contributed by atoms with Crippen molar-refractivity contribution < 1.29 is 17.6 Å². The number of nitrogens with zero attached hydrogens (tertiary/aromatic N) is 4. The number of carbonyl (C=O) groups excluding carboxylic acids is 1. The Morgan fingerprint density at radius 3 is 2.44 bits per heavy atom. The summed E-state index contributed by atoms with van der Waals surface area (Å²) >= 11 is 0. The molecular formula is C24H18FN5O3S. The number of hydrogen-bond donors (Lipinski definition) is 1. The van der Waals surface area contributed by atoms with Crippen LogP contribution in [0.25, 0.3) is 17.1 Å². The van der Waals surface area contributed by atoms with E-state index in [1.165, 1.54) is 6.07 Å². The first-order chi connectivity index (χ1) is 16.4. The molecule has 1 amide bonds. The summed E-state index contributed by atoms with van der Waals surface area (Å²) in [7, 11) is -3.53. The lowest BCUT2D eigenvalue weighted by Gasteiger charge is -2.18. The molecule has 0 aliphatic carbocycles. The Morgan fingerprint density at radius 1 is 1.00 bits per heavy atom. The van der Waals surface area contributed by atoms with Crippen LogP contribution in [-0.4, -0.2) is 40.6 Å². The number of carbonyl (C=O) groups is 1. The van der Waals surface area contributed by atoms with E-state index in [2.05, 4.69) is 20.6 Å². The lowest BCUT2D eigenvalue weighted by molar-refractivity contribution is 0.0944. The lowest BCUT2D eigenvalue weighted by Crippen LogP contribution is -2.26. The van der Waals surface area contributed by atoms with E-state index in [0.717, 1.165) is 23.4 Å². The SMILES string of the molecule is O=C(N/N=C1\CCS(=O)(=O)c2ccc(F)cc21)c1nc(-c2ccccc2)n(-c2ccccc2)n1. The third-order valence-electron chi connectivity index (χ3n) is 5.33. The number of sulfone groups is 1. The zero-order valence-corrected chi connectivity index (χ0v) is 18.5. The lowest BCUT2D eigenvalue weighted by atomic mass is 10.1. The maximum atomic E-state index is 13.8. The predicted molar refractivity (Wildman–Crippen MR) is 124 cm³/mol. The van der Waals surface area contributed by atoms with Crippen molar-refractivity contribution in [2.45, 2.75) is 11.3 Å². The van der Waals surface area contributed by atoms with Crippen molar-refractivity contribution in [1.82, 2.24) is 20.2 Å². The first-order valence-electron chi connectivity index (χ1n) is 10.4. The van der Waals surface area contributed by atoms with Gasteiger partial charge in [-0.15, -0.1) is 5.10 Å². The van der Waals surface area contributed by atoms with Gasteiger partial charge in [0.1, 0.15) is 5.82 Å². The minimum atomic E-state index is -3.53. The van der Waals surface area contributed by atoms with E-state index < -0.39 is 21.6 Å². The number of nitrogens with one attached hydrogen (secondary N) is 1. The van der Waals surface area contributed by atoms with Gasteiger partial charge >= 0.3 is 5.91 Å². The van der Waals surface area contributed by atoms with Gasteiger partial charge in [-0.25, -0.2) is 27.9 Å². The van der Waals surface area contributed by atoms with Crippen molar-refractivity contribution in [1.29, 1.82) is 0 Å². The van der Waals surface area contributed by atoms with Gasteiger partial charge in [0, 0.05) is 17.5 Å². The molecule has 0 atom stereocenters. The Balaban J connectivity index is 1.49. The highest BCUT2D eigenvalue weighted by Gasteiger charge is 2.28. The molecule has 170 valence electrons. The van der Waals surface area contributed by atoms with Gasteiger partial charge < -0.3 is 0 Å². The summed E-state index contributed by atoms with van der Waals surface area (Å²) < 4.78 is 40.0. The second-order valence-corrected chi connectivity index (χ2v) is 9.66. The van der Waals surface area contributed by atoms with Crippen molar-refractivity contribution >= 4 is 21.5 Å². The van der Waals surface area contributed by atoms with E-state index in [0.29, 0.717) is 5.82 Å². The monoisotopic (exact) mass is 475 g/mol. The second kappa shape index (κ2) is 8.64. The Morgan fingerprint density at radius 2 is 1.71 bits per heavy atom. The zero-order valence-electron chi connectivity index (χ0n) is 17.7. The summed E-state index contributed by atoms with van der Waals surface area (Å²) in [6.45, 7) is 0. The number of para-hydroxylation sites is 1. The molecule has 1 aliphatic rings. The average molecular weight is 476 g/mol. The molecular weight excluding hydrogens is 457 g/mol. The summed E-state index contributed by atoms with van der Waals surface area (Å²) in [4.78, 5) is 17.3. The van der Waals surface area contributed by atoms with E-state index >= 15 is 0 Å². The van der Waals surface area contributed by atoms with Gasteiger partial charge in [-0.1, -0.05) is 48.5 Å². The van der Waals surface area contributed by atoms with E-state index in [4.69, 9.17) is 0 Å². The Bertz CT molecular complexity index is 1460. The molecule has 0 unspecified atom stereocenters. The first-order valence-corrected chi connectivity index (χ1v) is 12.0. The highest BCUT2D eigenvalue weighted by Crippen LogP contribution is 2.26. The van der Waals surface area contributed by atoms with E-state index in [9.17, 15) is 17.6 Å². The van der Waals surface area contributed by atoms with Gasteiger partial charge in [0.2, 0.25) is 5.82 Å². The van der Waals surface area contributed by atoms with Crippen LogP contribution in [0, 0.1) is 5.82 Å². The Labute approximate surface area is 194 Å². The summed E-state index contributed by atoms with van der Waals surface area (Å²) in [5.74, 6) is -1.09. The molecule has 2 heterocycles. The van der Waals surface area contributed by atoms with Crippen LogP contribution in [0.3, 0.4) is 0 Å². The van der Waals surface area contributed by atoms with Crippen molar-refractivity contribution in [2.75, 3.05) is 5.75 Å². The molecule has 0 bridgehead atoms. The van der Waals surface area contributed by atoms with Crippen LogP contribution in [0.2, 0.25) is 0 Å². The predicted octanol–water partition coefficient (Wildman–Crippen LogP) is 3.38. The van der Waals surface area contributed by atoms with Gasteiger partial charge in [0.25, 0.3) is 0 Å². The van der Waals surface area contributed by atoms with Crippen LogP contribution in [0.1, 0.15) is 22.6 Å². The normalized spacial score (nSPS) is 15.6. The molecule has 1 N–H and O–H groups in total. The molecule has 5 rings (SSSR count). The van der Waals surface area contributed by atoms with Crippen molar-refractivity contribution in [3.63, 3.8) is 0 Å². The van der Waals surface area contributed by atoms with Crippen LogP contribution < -0.4 is 5.43 Å². The maximum Gasteiger partial charge on any atom is 0.311 e. The molecule has 0 saturated heterocycles. The number of rotatable bonds is 4. The van der Waals surface area contributed by atoms with Gasteiger partial charge in [-0.05, 0) is 30.3 Å². The molecule has 0 spiro atoms. The summed E-state index contributed by atoms with van der Waals surface area (Å²) in [5, 5.41) is 8.46. The second-order valence-electron chi connectivity index (χ2n) is 7.58. The van der Waals surface area contributed by atoms with Crippen LogP contribution in [-0.2, 0) is 9.84 Å². The van der Waals surface area contributed by atoms with Crippen molar-refractivity contribution in [2.24, 2.45) is 5.10 Å². The number of aromatic nitrogens is 3. The fraction of sp³-hybridized carbons (Fsp3) is 0.0833. The molecule has 10 heteroatoms. The number of benzene rings is 3. The zero-order chi connectivity index (χ0) is 23.7. The smallest absolute Gasteiger partial charge is 0.264 e. The highest BCUT2D eigenvalue weighted by atomic mass is 32.2. The van der Waals surface area contributed by atoms with Crippen LogP contribution in [0.4, 0.5) is 4.39 Å². The standard InChI is InChI=1S/C24H18FN5O3S/c25-17-11-12-21-19(15-17)20(13-14-34(21,32)33)27-28-24(31)22-26-23(16-7-3-1-4-8-16)30(29-22)18-9-5-2-6-10-18/h1-12,15H,13-14H2,(H,28,31)/b27-20+. The Hall–Kier alpha value is -4.18. The maximum absolute atomic E-state index is 13.8. The topological polar surface area (TPSA) is 106 Å². The molecule has 4 aromatic rings. The largest absolute Gasteiger partial charge is 0.311 e. The number of hydrogen-bond acceptors (Lipinski definition) is 6. The van der Waals surface area contributed by atoms with Gasteiger partial charge in [-0.2, -0.15) is 5.10 Å². The van der Waals surface area contributed by atoms with E-state index in [-0.39, 0.29) is 34.2 Å². The van der Waals surface area contributed by atoms with E-state index in [1.807, 2.05) is 60.7 Å². The third kappa shape index (κ3) is 4.11. The van der Waals surface area contributed by atoms with Crippen molar-refractivity contribution in [3.8, 4) is 17.1 Å². The average Bonchev–Trinajstić information content (AvgIpc) is 3.30. The highest BCUT2D eigenvalue weighted by molar-refractivity contribution is 7.91. The number of amides is 1. The number of halogens is 1. The van der Waals surface area contributed by atoms with Crippen molar-refractivity contribution in [3.05, 3.63) is 96.1 Å². The molecule has 8 nitrogen and oxygen atoms in total. The van der Waals surface area contributed by atoms with Gasteiger partial charge in [0.15, 0.2) is 15.7 Å². The number of hydrazone groups is 1. The minimum absolute atomic E-state index is 0.00834. The number of fused-ring (bicyclic) bond motifs is 1. The molecule has 1 aliphatic heterocycles. The summed E-state index contributed by atoms with van der Waals surface area (Å²) in [6.07, 6.45) is 0.0419. The molecule has 34 heavy (non-hydrogen) atoms. The molecule has 3 aromatic carbocycles. The van der Waals surface area contributed by atoms with Crippen LogP contribution >= 0.6 is 0 Å². The Kier molecular flexibility index (Phi) is 5.50. The third-order valence-corrected chi connectivity index (χ3v) is 7.10. The quantitative estimate of drug-likeness (QED) is 0.360. The fourth-order valence-electron chi connectivity index (χ4n) is 3.69. The van der Waals surface area contributed by atoms with Crippen LogP contribution in [0.5, 0.6) is 0 Å². The summed E-state index contributed by atoms with van der Waals surface area (Å²) in [5.41, 5.74) is 4.29. The van der Waals surface area contributed by atoms with E-state index in [1.54, 1.807) is 4.68 Å². The molecule has 1 aromatic heterocycles.